The third-order valence-electron chi connectivity index (χ3n) is 6.26. The topological polar surface area (TPSA) is 101 Å². The van der Waals surface area contributed by atoms with Gasteiger partial charge in [0.05, 0.1) is 42.2 Å². The molecule has 0 atom stereocenters. The highest BCUT2D eigenvalue weighted by molar-refractivity contribution is 6.31. The summed E-state index contributed by atoms with van der Waals surface area (Å²) in [6, 6.07) is 3.21. The van der Waals surface area contributed by atoms with Crippen LogP contribution >= 0.6 is 11.6 Å². The molecular formula is C21H28ClN7O. The van der Waals surface area contributed by atoms with E-state index in [0.717, 1.165) is 37.1 Å². The number of hydrogen-bond donors (Lipinski definition) is 2. The quantitative estimate of drug-likeness (QED) is 0.685. The first-order valence-electron chi connectivity index (χ1n) is 10.6. The number of hydrogen-bond acceptors (Lipinski definition) is 7. The number of ether oxygens (including phenoxy) is 1. The average molecular weight is 430 g/mol. The van der Waals surface area contributed by atoms with Crippen LogP contribution in [0, 0.1) is 30.1 Å². The second kappa shape index (κ2) is 9.19. The maximum absolute atomic E-state index is 8.97. The minimum atomic E-state index is 0.142. The molecule has 0 saturated heterocycles. The Kier molecular flexibility index (Phi) is 6.40. The largest absolute Gasteiger partial charge is 0.476 e. The van der Waals surface area contributed by atoms with E-state index in [2.05, 4.69) is 31.8 Å². The molecule has 2 aliphatic rings. The van der Waals surface area contributed by atoms with E-state index in [9.17, 15) is 0 Å². The van der Waals surface area contributed by atoms with E-state index in [1.165, 1.54) is 12.8 Å². The van der Waals surface area contributed by atoms with E-state index >= 15 is 0 Å². The van der Waals surface area contributed by atoms with Gasteiger partial charge in [-0.1, -0.05) is 11.6 Å². The van der Waals surface area contributed by atoms with E-state index in [-0.39, 0.29) is 12.0 Å². The predicted octanol–water partition coefficient (Wildman–Crippen LogP) is 4.01. The Hall–Kier alpha value is -2.37. The number of aryl methyl sites for hydroxylation is 1. The van der Waals surface area contributed by atoms with Crippen LogP contribution in [-0.2, 0) is 0 Å². The molecule has 0 aliphatic heterocycles. The zero-order chi connectivity index (χ0) is 21.1. The highest BCUT2D eigenvalue weighted by Crippen LogP contribution is 2.38. The van der Waals surface area contributed by atoms with Gasteiger partial charge in [0.2, 0.25) is 11.8 Å². The van der Waals surface area contributed by atoms with Gasteiger partial charge in [0.25, 0.3) is 0 Å². The summed E-state index contributed by atoms with van der Waals surface area (Å²) >= 11 is 6.26. The highest BCUT2D eigenvalue weighted by Gasteiger charge is 2.31. The van der Waals surface area contributed by atoms with Crippen LogP contribution in [0.25, 0.3) is 0 Å². The number of nitrogens with zero attached hydrogens (tertiary/aromatic N) is 5. The zero-order valence-corrected chi connectivity index (χ0v) is 18.2. The second-order valence-corrected chi connectivity index (χ2v) is 8.76. The van der Waals surface area contributed by atoms with Gasteiger partial charge in [-0.15, -0.1) is 0 Å². The standard InChI is InChI=1S/C21H28ClN7O/c1-13-19(11-29(28-13)17-7-15(8-17)9-23)26-21-25-10-18(22)20(27-21)30-12-14-3-5-16(24-2)6-4-14/h10-11,14-17,24H,3-8,12H2,1-2H3,(H,25,26,27)/t14-,15?,16-,17?. The van der Waals surface area contributed by atoms with Crippen molar-refractivity contribution in [3.63, 3.8) is 0 Å². The molecule has 2 aromatic heterocycles. The molecule has 0 radical (unpaired) electrons. The molecule has 0 bridgehead atoms. The van der Waals surface area contributed by atoms with Crippen LogP contribution in [0.2, 0.25) is 5.02 Å². The molecule has 2 N–H and O–H groups in total. The van der Waals surface area contributed by atoms with Gasteiger partial charge >= 0.3 is 0 Å². The lowest BCUT2D eigenvalue weighted by atomic mass is 9.81. The maximum atomic E-state index is 8.97. The smallest absolute Gasteiger partial charge is 0.237 e. The summed E-state index contributed by atoms with van der Waals surface area (Å²) < 4.78 is 7.88. The van der Waals surface area contributed by atoms with Crippen LogP contribution in [0.5, 0.6) is 5.88 Å². The van der Waals surface area contributed by atoms with Crippen LogP contribution < -0.4 is 15.4 Å². The summed E-state index contributed by atoms with van der Waals surface area (Å²) in [5, 5.41) is 20.5. The van der Waals surface area contributed by atoms with Crippen molar-refractivity contribution < 1.29 is 4.74 Å². The van der Waals surface area contributed by atoms with Crippen LogP contribution in [0.3, 0.4) is 0 Å². The zero-order valence-electron chi connectivity index (χ0n) is 17.4. The molecule has 30 heavy (non-hydrogen) atoms. The van der Waals surface area contributed by atoms with Crippen molar-refractivity contribution in [3.05, 3.63) is 23.1 Å². The van der Waals surface area contributed by atoms with Crippen molar-refractivity contribution in [1.82, 2.24) is 25.1 Å². The van der Waals surface area contributed by atoms with E-state index in [1.807, 2.05) is 24.9 Å². The van der Waals surface area contributed by atoms with Gasteiger partial charge in [0.15, 0.2) is 0 Å². The van der Waals surface area contributed by atoms with Gasteiger partial charge in [-0.25, -0.2) is 4.98 Å². The summed E-state index contributed by atoms with van der Waals surface area (Å²) in [4.78, 5) is 8.75. The molecule has 2 fully saturated rings. The Balaban J connectivity index is 1.36. The number of rotatable bonds is 7. The first kappa shape index (κ1) is 20.9. The fourth-order valence-corrected chi connectivity index (χ4v) is 4.29. The lowest BCUT2D eigenvalue weighted by Crippen LogP contribution is -2.31. The third-order valence-corrected chi connectivity index (χ3v) is 6.51. The molecule has 160 valence electrons. The van der Waals surface area contributed by atoms with Gasteiger partial charge in [0, 0.05) is 12.2 Å². The molecule has 2 saturated carbocycles. The monoisotopic (exact) mass is 429 g/mol. The van der Waals surface area contributed by atoms with Gasteiger partial charge in [-0.3, -0.25) is 4.68 Å². The number of nitrogens with one attached hydrogen (secondary N) is 2. The normalized spacial score (nSPS) is 25.9. The Morgan fingerprint density at radius 2 is 2.07 bits per heavy atom. The number of halogens is 1. The van der Waals surface area contributed by atoms with E-state index in [4.69, 9.17) is 21.6 Å². The molecule has 0 aromatic carbocycles. The van der Waals surface area contributed by atoms with Crippen molar-refractivity contribution in [2.45, 2.75) is 57.5 Å². The number of aromatic nitrogens is 4. The van der Waals surface area contributed by atoms with Crippen LogP contribution in [0.15, 0.2) is 12.4 Å². The SMILES string of the molecule is CN[C@H]1CC[C@H](COc2nc(Nc3cn(C4CC(C#N)C4)nc3C)ncc2Cl)CC1. The molecule has 0 amide bonds. The molecule has 2 aliphatic carbocycles. The van der Waals surface area contributed by atoms with E-state index < -0.39 is 0 Å². The van der Waals surface area contributed by atoms with Gasteiger partial charge in [0.1, 0.15) is 5.02 Å². The Morgan fingerprint density at radius 1 is 1.30 bits per heavy atom. The number of anilines is 2. The van der Waals surface area contributed by atoms with E-state index in [1.54, 1.807) is 6.20 Å². The summed E-state index contributed by atoms with van der Waals surface area (Å²) in [6.07, 6.45) is 9.85. The molecule has 4 rings (SSSR count). The minimum Gasteiger partial charge on any atom is -0.476 e. The molecule has 0 spiro atoms. The van der Waals surface area contributed by atoms with Crippen molar-refractivity contribution in [3.8, 4) is 11.9 Å². The van der Waals surface area contributed by atoms with Gasteiger partial charge in [-0.05, 0) is 58.4 Å². The fraction of sp³-hybridized carbons (Fsp3) is 0.619. The maximum Gasteiger partial charge on any atom is 0.237 e. The van der Waals surface area contributed by atoms with E-state index in [0.29, 0.717) is 35.4 Å². The first-order valence-corrected chi connectivity index (χ1v) is 11.0. The molecule has 0 unspecified atom stereocenters. The number of nitriles is 1. The van der Waals surface area contributed by atoms with Crippen LogP contribution in [0.1, 0.15) is 50.3 Å². The Morgan fingerprint density at radius 3 is 2.77 bits per heavy atom. The lowest BCUT2D eigenvalue weighted by molar-refractivity contribution is 0.189. The molecular weight excluding hydrogens is 402 g/mol. The summed E-state index contributed by atoms with van der Waals surface area (Å²) in [5.41, 5.74) is 1.70. The van der Waals surface area contributed by atoms with Crippen molar-refractivity contribution >= 4 is 23.2 Å². The minimum absolute atomic E-state index is 0.142. The van der Waals surface area contributed by atoms with Crippen molar-refractivity contribution in [2.24, 2.45) is 11.8 Å². The second-order valence-electron chi connectivity index (χ2n) is 8.35. The molecule has 8 nitrogen and oxygen atoms in total. The third kappa shape index (κ3) is 4.68. The van der Waals surface area contributed by atoms with Gasteiger partial charge < -0.3 is 15.4 Å². The predicted molar refractivity (Wildman–Crippen MR) is 115 cm³/mol. The fourth-order valence-electron chi connectivity index (χ4n) is 4.15. The highest BCUT2D eigenvalue weighted by atomic mass is 35.5. The molecule has 2 heterocycles. The average Bonchev–Trinajstić information content (AvgIpc) is 3.07. The van der Waals surface area contributed by atoms with Gasteiger partial charge in [-0.2, -0.15) is 15.3 Å². The van der Waals surface area contributed by atoms with Crippen LogP contribution in [-0.4, -0.2) is 39.4 Å². The lowest BCUT2D eigenvalue weighted by Gasteiger charge is -2.30. The molecule has 9 heteroatoms. The van der Waals surface area contributed by atoms with Crippen molar-refractivity contribution in [2.75, 3.05) is 19.0 Å². The first-order chi connectivity index (χ1) is 14.6. The summed E-state index contributed by atoms with van der Waals surface area (Å²) in [7, 11) is 2.03. The Labute approximate surface area is 182 Å². The summed E-state index contributed by atoms with van der Waals surface area (Å²) in [5.74, 6) is 1.51. The summed E-state index contributed by atoms with van der Waals surface area (Å²) in [6.45, 7) is 2.55. The van der Waals surface area contributed by atoms with Crippen LogP contribution in [0.4, 0.5) is 11.6 Å². The van der Waals surface area contributed by atoms with Crippen molar-refractivity contribution in [1.29, 1.82) is 5.26 Å². The Bertz CT molecular complexity index is 911. The molecule has 2 aromatic rings.